The first-order chi connectivity index (χ1) is 9.68. The van der Waals surface area contributed by atoms with Crippen LogP contribution in [0.1, 0.15) is 57.8 Å². The van der Waals surface area contributed by atoms with Crippen molar-refractivity contribution in [3.05, 3.63) is 0 Å². The summed E-state index contributed by atoms with van der Waals surface area (Å²) in [5.74, 6) is 0. The minimum atomic E-state index is -1.02. The Bertz CT molecular complexity index is 169. The van der Waals surface area contributed by atoms with Crippen molar-refractivity contribution < 1.29 is 0 Å². The van der Waals surface area contributed by atoms with E-state index in [0.29, 0.717) is 0 Å². The summed E-state index contributed by atoms with van der Waals surface area (Å²) < 4.78 is 0. The summed E-state index contributed by atoms with van der Waals surface area (Å²) in [6.45, 7) is 5.18. The zero-order chi connectivity index (χ0) is 15.1. The number of hydrogen-bond acceptors (Lipinski definition) is 3. The molecular weight excluding hydrogens is 262 g/mol. The van der Waals surface area contributed by atoms with Gasteiger partial charge in [0.2, 0.25) is 0 Å². The maximum atomic E-state index is 5.59. The molecule has 0 bridgehead atoms. The Labute approximate surface area is 128 Å². The number of hydrogen-bond donors (Lipinski definition) is 3. The standard InChI is InChI=1S/C16H39N3Si/c1-20(14-8-2-5-11-17,15-9-3-6-12-18)16-10-4-7-13-19/h2-19H2,1H3. The molecule has 0 atom stereocenters. The summed E-state index contributed by atoms with van der Waals surface area (Å²) in [7, 11) is -1.02. The van der Waals surface area contributed by atoms with Crippen molar-refractivity contribution >= 4 is 8.07 Å². The van der Waals surface area contributed by atoms with E-state index in [4.69, 9.17) is 17.2 Å². The number of unbranched alkanes of at least 4 members (excludes halogenated alkanes) is 6. The van der Waals surface area contributed by atoms with Crippen LogP contribution in [0.4, 0.5) is 0 Å². The van der Waals surface area contributed by atoms with Gasteiger partial charge in [-0.25, -0.2) is 0 Å². The van der Waals surface area contributed by atoms with E-state index < -0.39 is 8.07 Å². The molecule has 0 saturated heterocycles. The van der Waals surface area contributed by atoms with Gasteiger partial charge in [0.25, 0.3) is 0 Å². The summed E-state index contributed by atoms with van der Waals surface area (Å²) >= 11 is 0. The highest BCUT2D eigenvalue weighted by atomic mass is 28.3. The molecule has 0 radical (unpaired) electrons. The van der Waals surface area contributed by atoms with Gasteiger partial charge in [-0.2, -0.15) is 0 Å². The second-order valence-electron chi connectivity index (χ2n) is 6.61. The molecule has 0 aliphatic carbocycles. The van der Waals surface area contributed by atoms with Crippen molar-refractivity contribution in [3.63, 3.8) is 0 Å². The summed E-state index contributed by atoms with van der Waals surface area (Å²) in [5, 5.41) is 0. The Morgan fingerprint density at radius 3 is 1.05 bits per heavy atom. The fourth-order valence-corrected chi connectivity index (χ4v) is 7.05. The lowest BCUT2D eigenvalue weighted by Crippen LogP contribution is -2.29. The SMILES string of the molecule is C[Si](CCCCCN)(CCCCCN)CCCCCN. The van der Waals surface area contributed by atoms with E-state index in [1.165, 1.54) is 75.9 Å². The lowest BCUT2D eigenvalue weighted by molar-refractivity contribution is 0.685. The molecule has 0 aliphatic rings. The topological polar surface area (TPSA) is 78.1 Å². The third kappa shape index (κ3) is 11.9. The van der Waals surface area contributed by atoms with E-state index in [0.717, 1.165) is 19.6 Å². The highest BCUT2D eigenvalue weighted by Gasteiger charge is 2.25. The van der Waals surface area contributed by atoms with Crippen molar-refractivity contribution in [2.75, 3.05) is 19.6 Å². The summed E-state index contributed by atoms with van der Waals surface area (Å²) in [6.07, 6.45) is 11.8. The average Bonchev–Trinajstić information content (AvgIpc) is 2.45. The smallest absolute Gasteiger partial charge is 0.0504 e. The second-order valence-corrected chi connectivity index (χ2v) is 11.7. The zero-order valence-corrected chi connectivity index (χ0v) is 14.8. The molecule has 0 unspecified atom stereocenters. The van der Waals surface area contributed by atoms with E-state index in [2.05, 4.69) is 6.55 Å². The van der Waals surface area contributed by atoms with Crippen molar-refractivity contribution in [2.45, 2.75) is 82.5 Å². The predicted molar refractivity (Wildman–Crippen MR) is 94.8 cm³/mol. The number of rotatable bonds is 15. The van der Waals surface area contributed by atoms with Gasteiger partial charge in [0, 0.05) is 0 Å². The van der Waals surface area contributed by atoms with E-state index in [1.807, 2.05) is 0 Å². The molecule has 0 aromatic heterocycles. The maximum absolute atomic E-state index is 5.59. The van der Waals surface area contributed by atoms with Crippen LogP contribution in [0.2, 0.25) is 24.7 Å². The minimum Gasteiger partial charge on any atom is -0.330 e. The molecule has 0 spiro atoms. The van der Waals surface area contributed by atoms with Crippen LogP contribution in [0.15, 0.2) is 0 Å². The predicted octanol–water partition coefficient (Wildman–Crippen LogP) is 3.45. The van der Waals surface area contributed by atoms with Crippen LogP contribution in [-0.4, -0.2) is 27.7 Å². The first-order valence-electron chi connectivity index (χ1n) is 8.79. The van der Waals surface area contributed by atoms with Crippen LogP contribution in [0.5, 0.6) is 0 Å². The molecule has 0 aromatic rings. The Kier molecular flexibility index (Phi) is 14.1. The molecule has 4 heteroatoms. The van der Waals surface area contributed by atoms with Crippen LogP contribution in [0.3, 0.4) is 0 Å². The van der Waals surface area contributed by atoms with E-state index >= 15 is 0 Å². The van der Waals surface area contributed by atoms with Crippen molar-refractivity contribution in [1.82, 2.24) is 0 Å². The highest BCUT2D eigenvalue weighted by Crippen LogP contribution is 2.28. The van der Waals surface area contributed by atoms with Gasteiger partial charge >= 0.3 is 0 Å². The molecule has 0 heterocycles. The molecule has 0 amide bonds. The Morgan fingerprint density at radius 2 is 0.800 bits per heavy atom. The Hall–Kier alpha value is 0.0969. The van der Waals surface area contributed by atoms with Crippen molar-refractivity contribution in [2.24, 2.45) is 17.2 Å². The molecule has 122 valence electrons. The highest BCUT2D eigenvalue weighted by molar-refractivity contribution is 6.78. The fraction of sp³-hybridized carbons (Fsp3) is 1.00. The lowest BCUT2D eigenvalue weighted by Gasteiger charge is -2.28. The van der Waals surface area contributed by atoms with Gasteiger partial charge in [0.05, 0.1) is 8.07 Å². The van der Waals surface area contributed by atoms with Crippen molar-refractivity contribution in [3.8, 4) is 0 Å². The second kappa shape index (κ2) is 14.1. The van der Waals surface area contributed by atoms with Gasteiger partial charge in [-0.05, 0) is 38.9 Å². The minimum absolute atomic E-state index is 0.852. The molecule has 0 saturated carbocycles. The van der Waals surface area contributed by atoms with Crippen LogP contribution in [-0.2, 0) is 0 Å². The van der Waals surface area contributed by atoms with Gasteiger partial charge in [-0.1, -0.05) is 63.2 Å². The Balaban J connectivity index is 3.98. The molecule has 0 aromatic carbocycles. The largest absolute Gasteiger partial charge is 0.330 e. The van der Waals surface area contributed by atoms with Gasteiger partial charge in [-0.15, -0.1) is 0 Å². The van der Waals surface area contributed by atoms with E-state index in [-0.39, 0.29) is 0 Å². The van der Waals surface area contributed by atoms with Crippen LogP contribution >= 0.6 is 0 Å². The molecule has 0 aliphatic heterocycles. The normalized spacial score (nSPS) is 12.0. The average molecular weight is 302 g/mol. The molecule has 6 N–H and O–H groups in total. The molecule has 20 heavy (non-hydrogen) atoms. The van der Waals surface area contributed by atoms with Gasteiger partial charge in [-0.3, -0.25) is 0 Å². The molecule has 3 nitrogen and oxygen atoms in total. The monoisotopic (exact) mass is 301 g/mol. The van der Waals surface area contributed by atoms with Crippen molar-refractivity contribution in [1.29, 1.82) is 0 Å². The van der Waals surface area contributed by atoms with E-state index in [1.54, 1.807) is 0 Å². The third-order valence-electron chi connectivity index (χ3n) is 4.45. The van der Waals surface area contributed by atoms with Gasteiger partial charge in [0.15, 0.2) is 0 Å². The van der Waals surface area contributed by atoms with Crippen LogP contribution in [0, 0.1) is 0 Å². The van der Waals surface area contributed by atoms with Crippen LogP contribution in [0.25, 0.3) is 0 Å². The third-order valence-corrected chi connectivity index (χ3v) is 9.14. The maximum Gasteiger partial charge on any atom is 0.0504 e. The Morgan fingerprint density at radius 1 is 0.500 bits per heavy atom. The van der Waals surface area contributed by atoms with Gasteiger partial charge in [0.1, 0.15) is 0 Å². The van der Waals surface area contributed by atoms with Gasteiger partial charge < -0.3 is 17.2 Å². The quantitative estimate of drug-likeness (QED) is 0.320. The lowest BCUT2D eigenvalue weighted by atomic mass is 10.2. The molecular formula is C16H39N3Si. The molecule has 0 rings (SSSR count). The van der Waals surface area contributed by atoms with Crippen LogP contribution < -0.4 is 17.2 Å². The first kappa shape index (κ1) is 20.1. The summed E-state index contributed by atoms with van der Waals surface area (Å²) in [5.41, 5.74) is 16.8. The fourth-order valence-electron chi connectivity index (χ4n) is 2.99. The van der Waals surface area contributed by atoms with E-state index in [9.17, 15) is 0 Å². The summed E-state index contributed by atoms with van der Waals surface area (Å²) in [6, 6.07) is 4.49. The number of nitrogens with two attached hydrogens (primary N) is 3. The summed E-state index contributed by atoms with van der Waals surface area (Å²) in [4.78, 5) is 0. The first-order valence-corrected chi connectivity index (χ1v) is 11.9. The zero-order valence-electron chi connectivity index (χ0n) is 13.8. The molecule has 0 fully saturated rings.